The van der Waals surface area contributed by atoms with Crippen LogP contribution >= 0.6 is 0 Å². The number of piperidine rings is 2. The summed E-state index contributed by atoms with van der Waals surface area (Å²) in [5, 5.41) is 16.1. The third-order valence-corrected chi connectivity index (χ3v) is 15.6. The molecular formula is C57H67F3N12O6. The SMILES string of the molecule is Cc1ccc(C(=O)N2CCC(CN3CCC(CC(=O)N(CC/C=C/c4cnc(N)c5c(-c6ccc(C(=O)Nc7cc(C(F)(F)F)ccn7)cc6)[nH]nc45)CCC(=O)NC4CCCCC4)CC3)CC2)cc1N1CCC(=O)NC1=O. The molecule has 3 aromatic heterocycles. The lowest BCUT2D eigenvalue weighted by Gasteiger charge is -2.38. The number of anilines is 3. The van der Waals surface area contributed by atoms with Gasteiger partial charge in [-0.1, -0.05) is 49.6 Å². The Balaban J connectivity index is 0.770. The second-order valence-electron chi connectivity index (χ2n) is 21.0. The van der Waals surface area contributed by atoms with Crippen molar-refractivity contribution in [3.8, 4) is 11.3 Å². The number of pyridine rings is 2. The summed E-state index contributed by atoms with van der Waals surface area (Å²) in [6.45, 7) is 6.87. The fraction of sp³-hybridized carbons (Fsp3) is 0.456. The number of nitrogen functional groups attached to an aromatic ring is 1. The number of nitrogens with one attached hydrogen (secondary N) is 4. The fourth-order valence-electron chi connectivity index (χ4n) is 11.1. The molecule has 78 heavy (non-hydrogen) atoms. The molecule has 5 aromatic rings. The number of urea groups is 1. The van der Waals surface area contributed by atoms with Crippen LogP contribution in [0, 0.1) is 18.8 Å². The number of imide groups is 1. The van der Waals surface area contributed by atoms with Gasteiger partial charge in [0.25, 0.3) is 11.8 Å². The predicted octanol–water partition coefficient (Wildman–Crippen LogP) is 8.35. The van der Waals surface area contributed by atoms with Crippen LogP contribution < -0.4 is 26.6 Å². The first-order valence-corrected chi connectivity index (χ1v) is 27.1. The highest BCUT2D eigenvalue weighted by atomic mass is 19.4. The Hall–Kier alpha value is -7.68. The molecule has 21 heteroatoms. The molecule has 7 amide bonds. The fourth-order valence-corrected chi connectivity index (χ4v) is 11.1. The molecule has 2 aromatic carbocycles. The number of carbonyl (C=O) groups is 6. The second kappa shape index (κ2) is 24.8. The summed E-state index contributed by atoms with van der Waals surface area (Å²) in [7, 11) is 0. The molecule has 4 fully saturated rings. The summed E-state index contributed by atoms with van der Waals surface area (Å²) in [6.07, 6.45) is 12.1. The monoisotopic (exact) mass is 1070 g/mol. The van der Waals surface area contributed by atoms with Gasteiger partial charge in [0.1, 0.15) is 17.2 Å². The first-order chi connectivity index (χ1) is 37.6. The van der Waals surface area contributed by atoms with Crippen molar-refractivity contribution in [2.24, 2.45) is 11.8 Å². The Bertz CT molecular complexity index is 3030. The predicted molar refractivity (Wildman–Crippen MR) is 290 cm³/mol. The molecule has 4 aliphatic rings. The highest BCUT2D eigenvalue weighted by Crippen LogP contribution is 2.34. The van der Waals surface area contributed by atoms with E-state index in [0.29, 0.717) is 83.9 Å². The van der Waals surface area contributed by atoms with Crippen LogP contribution in [0.2, 0.25) is 0 Å². The third-order valence-electron chi connectivity index (χ3n) is 15.6. The van der Waals surface area contributed by atoms with E-state index in [0.717, 1.165) is 94.9 Å². The Morgan fingerprint density at radius 1 is 0.859 bits per heavy atom. The molecule has 0 bridgehead atoms. The summed E-state index contributed by atoms with van der Waals surface area (Å²) in [4.78, 5) is 94.2. The molecule has 6 N–H and O–H groups in total. The van der Waals surface area contributed by atoms with Crippen LogP contribution in [0.3, 0.4) is 0 Å². The number of benzene rings is 2. The Morgan fingerprint density at radius 3 is 2.32 bits per heavy atom. The number of halogens is 3. The molecule has 3 aliphatic heterocycles. The lowest BCUT2D eigenvalue weighted by atomic mass is 9.90. The van der Waals surface area contributed by atoms with Gasteiger partial charge in [-0.25, -0.2) is 14.8 Å². The number of nitrogens with zero attached hydrogens (tertiary/aromatic N) is 7. The van der Waals surface area contributed by atoms with Gasteiger partial charge in [0.2, 0.25) is 17.7 Å². The number of H-pyrrole nitrogens is 1. The van der Waals surface area contributed by atoms with E-state index >= 15 is 0 Å². The van der Waals surface area contributed by atoms with Crippen molar-refractivity contribution in [3.63, 3.8) is 0 Å². The van der Waals surface area contributed by atoms with E-state index in [1.54, 1.807) is 30.5 Å². The van der Waals surface area contributed by atoms with E-state index in [2.05, 4.69) is 41.0 Å². The highest BCUT2D eigenvalue weighted by molar-refractivity contribution is 6.07. The summed E-state index contributed by atoms with van der Waals surface area (Å²) < 4.78 is 39.6. The van der Waals surface area contributed by atoms with Gasteiger partial charge in [-0.05, 0) is 119 Å². The first-order valence-electron chi connectivity index (χ1n) is 27.1. The normalized spacial score (nSPS) is 17.4. The number of alkyl halides is 3. The summed E-state index contributed by atoms with van der Waals surface area (Å²) in [6, 6.07) is 13.1. The summed E-state index contributed by atoms with van der Waals surface area (Å²) in [5.41, 5.74) is 10.1. The molecule has 0 atom stereocenters. The molecule has 0 radical (unpaired) electrons. The highest BCUT2D eigenvalue weighted by Gasteiger charge is 2.33. The molecule has 1 aliphatic carbocycles. The van der Waals surface area contributed by atoms with Gasteiger partial charge in [0, 0.05) is 105 Å². The number of aromatic nitrogens is 4. The van der Waals surface area contributed by atoms with Gasteiger partial charge < -0.3 is 31.1 Å². The second-order valence-corrected chi connectivity index (χ2v) is 21.0. The lowest BCUT2D eigenvalue weighted by Crippen LogP contribution is -2.50. The number of fused-ring (bicyclic) bond motifs is 1. The molecule has 0 spiro atoms. The maximum Gasteiger partial charge on any atom is 0.416 e. The van der Waals surface area contributed by atoms with Gasteiger partial charge in [-0.2, -0.15) is 18.3 Å². The van der Waals surface area contributed by atoms with Gasteiger partial charge in [-0.3, -0.25) is 39.3 Å². The minimum absolute atomic E-state index is 0.0312. The Labute approximate surface area is 450 Å². The molecule has 0 unspecified atom stereocenters. The smallest absolute Gasteiger partial charge is 0.383 e. The van der Waals surface area contributed by atoms with Gasteiger partial charge in [0.05, 0.1) is 16.6 Å². The van der Waals surface area contributed by atoms with Crippen LogP contribution in [0.5, 0.6) is 0 Å². The Kier molecular flexibility index (Phi) is 17.5. The van der Waals surface area contributed by atoms with Crippen molar-refractivity contribution in [1.29, 1.82) is 0 Å². The van der Waals surface area contributed by atoms with Crippen molar-refractivity contribution in [2.45, 2.75) is 103 Å². The van der Waals surface area contributed by atoms with E-state index in [1.165, 1.54) is 23.5 Å². The average Bonchev–Trinajstić information content (AvgIpc) is 3.97. The van der Waals surface area contributed by atoms with E-state index in [9.17, 15) is 41.9 Å². The number of carbonyl (C=O) groups excluding carboxylic acids is 6. The molecule has 6 heterocycles. The largest absolute Gasteiger partial charge is 0.416 e. The van der Waals surface area contributed by atoms with E-state index in [4.69, 9.17) is 5.73 Å². The first kappa shape index (κ1) is 55.1. The molecule has 9 rings (SSSR count). The van der Waals surface area contributed by atoms with E-state index < -0.39 is 23.7 Å². The number of aromatic amines is 1. The van der Waals surface area contributed by atoms with Gasteiger partial charge in [-0.15, -0.1) is 0 Å². The van der Waals surface area contributed by atoms with Crippen molar-refractivity contribution >= 4 is 69.9 Å². The zero-order chi connectivity index (χ0) is 54.9. The van der Waals surface area contributed by atoms with Crippen LogP contribution in [0.25, 0.3) is 28.2 Å². The molecule has 412 valence electrons. The zero-order valence-electron chi connectivity index (χ0n) is 43.9. The van der Waals surface area contributed by atoms with Crippen LogP contribution in [-0.4, -0.2) is 129 Å². The van der Waals surface area contributed by atoms with Gasteiger partial charge >= 0.3 is 12.2 Å². The molecule has 1 saturated carbocycles. The lowest BCUT2D eigenvalue weighted by molar-refractivity contribution is -0.137. The van der Waals surface area contributed by atoms with Crippen molar-refractivity contribution in [3.05, 3.63) is 101 Å². The van der Waals surface area contributed by atoms with Crippen molar-refractivity contribution < 1.29 is 41.9 Å². The number of likely N-dealkylation sites (tertiary alicyclic amines) is 2. The number of aryl methyl sites for hydroxylation is 1. The average molecular weight is 1070 g/mol. The number of hydrogen-bond acceptors (Lipinski definition) is 11. The number of rotatable bonds is 17. The summed E-state index contributed by atoms with van der Waals surface area (Å²) >= 11 is 0. The van der Waals surface area contributed by atoms with Crippen molar-refractivity contribution in [1.82, 2.24) is 45.5 Å². The third kappa shape index (κ3) is 13.7. The molecule has 3 saturated heterocycles. The molecular weight excluding hydrogens is 1010 g/mol. The molecule has 18 nitrogen and oxygen atoms in total. The van der Waals surface area contributed by atoms with E-state index in [-0.39, 0.29) is 72.2 Å². The van der Waals surface area contributed by atoms with E-state index in [1.807, 2.05) is 34.9 Å². The zero-order valence-corrected chi connectivity index (χ0v) is 43.9. The van der Waals surface area contributed by atoms with Crippen LogP contribution in [0.4, 0.5) is 35.3 Å². The quantitative estimate of drug-likeness (QED) is 0.0594. The Morgan fingerprint density at radius 2 is 1.59 bits per heavy atom. The van der Waals surface area contributed by atoms with Crippen LogP contribution in [0.1, 0.15) is 121 Å². The minimum Gasteiger partial charge on any atom is -0.383 e. The van der Waals surface area contributed by atoms with Crippen molar-refractivity contribution in [2.75, 3.05) is 68.3 Å². The van der Waals surface area contributed by atoms with Crippen LogP contribution in [0.15, 0.2) is 73.1 Å². The van der Waals surface area contributed by atoms with Crippen LogP contribution in [-0.2, 0) is 20.6 Å². The number of hydrogen-bond donors (Lipinski definition) is 5. The van der Waals surface area contributed by atoms with Gasteiger partial charge in [0.15, 0.2) is 0 Å². The number of nitrogens with two attached hydrogens (primary N) is 1. The standard InChI is InChI=1S/C57H67F3N12O6/c1-36-10-11-41(32-45(36)72-30-22-48(74)66-56(72)78)55(77)71-27-19-38(20-28-71)35-69-25-17-37(18-26-69)31-49(75)70(29-21-47(73)64-44-8-3-2-4-9-44)24-6-5-7-42-34-63-53(61)50-51(67-68-52(42)50)39-12-14-40(15-13-39)54(76)65-46-33-43(16-23-62-46)57(58,59)60/h5,7,10-16,23,32-34,37-38,44H,2-4,6,8-9,17-22,24-31,35H2,1H3,(H2,61,63)(H,64,73)(H,67,68)(H,62,65,76)(H,66,74,78)/b7-5+. The topological polar surface area (TPSA) is 232 Å². The summed E-state index contributed by atoms with van der Waals surface area (Å²) in [5.74, 6) is -0.355. The maximum absolute atomic E-state index is 14.1. The maximum atomic E-state index is 14.1. The number of amides is 7. The minimum atomic E-state index is -4.59.